The van der Waals surface area contributed by atoms with Crippen LogP contribution in [0.15, 0.2) is 29.6 Å². The Bertz CT molecular complexity index is 846. The molecule has 1 fully saturated rings. The Hall–Kier alpha value is -1.38. The number of nitrogens with one attached hydrogen (secondary N) is 1. The van der Waals surface area contributed by atoms with E-state index in [0.717, 1.165) is 22.0 Å². The Morgan fingerprint density at radius 3 is 2.96 bits per heavy atom. The van der Waals surface area contributed by atoms with Crippen molar-refractivity contribution in [1.29, 1.82) is 0 Å². The van der Waals surface area contributed by atoms with Crippen molar-refractivity contribution >= 4 is 44.5 Å². The molecule has 1 atom stereocenters. The van der Waals surface area contributed by atoms with Crippen LogP contribution in [0.4, 0.5) is 5.69 Å². The SMILES string of the molecule is Cc1nc(-c2cccc(NC(=O)CSC3CCS(=O)(=O)C3)c2)cs1. The van der Waals surface area contributed by atoms with Crippen LogP contribution in [0.5, 0.6) is 0 Å². The third-order valence-electron chi connectivity index (χ3n) is 3.70. The highest BCUT2D eigenvalue weighted by molar-refractivity contribution is 8.02. The largest absolute Gasteiger partial charge is 0.325 e. The van der Waals surface area contributed by atoms with Gasteiger partial charge in [0.05, 0.1) is 28.0 Å². The van der Waals surface area contributed by atoms with Crippen molar-refractivity contribution in [1.82, 2.24) is 4.98 Å². The normalized spacial score (nSPS) is 19.3. The van der Waals surface area contributed by atoms with E-state index >= 15 is 0 Å². The molecule has 2 heterocycles. The summed E-state index contributed by atoms with van der Waals surface area (Å²) in [6.07, 6.45) is 0.638. The number of rotatable bonds is 5. The molecule has 8 heteroatoms. The molecular weight excluding hydrogens is 364 g/mol. The summed E-state index contributed by atoms with van der Waals surface area (Å²) in [5.74, 6) is 0.571. The van der Waals surface area contributed by atoms with Gasteiger partial charge >= 0.3 is 0 Å². The third kappa shape index (κ3) is 4.58. The Balaban J connectivity index is 1.57. The fourth-order valence-electron chi connectivity index (χ4n) is 2.54. The van der Waals surface area contributed by atoms with Gasteiger partial charge in [0, 0.05) is 21.9 Å². The molecule has 2 aromatic rings. The van der Waals surface area contributed by atoms with Crippen molar-refractivity contribution in [3.05, 3.63) is 34.7 Å². The molecule has 1 aliphatic rings. The number of nitrogens with zero attached hydrogens (tertiary/aromatic N) is 1. The number of sulfone groups is 1. The molecule has 3 rings (SSSR count). The monoisotopic (exact) mass is 382 g/mol. The van der Waals surface area contributed by atoms with Gasteiger partial charge in [0.2, 0.25) is 5.91 Å². The van der Waals surface area contributed by atoms with E-state index in [-0.39, 0.29) is 28.4 Å². The molecule has 0 spiro atoms. The summed E-state index contributed by atoms with van der Waals surface area (Å²) in [5, 5.41) is 5.90. The number of anilines is 1. The maximum atomic E-state index is 12.1. The molecule has 0 saturated carbocycles. The summed E-state index contributed by atoms with van der Waals surface area (Å²) in [4.78, 5) is 16.5. The summed E-state index contributed by atoms with van der Waals surface area (Å²) in [5.41, 5.74) is 2.59. The van der Waals surface area contributed by atoms with Crippen LogP contribution in [-0.2, 0) is 14.6 Å². The van der Waals surface area contributed by atoms with Gasteiger partial charge in [0.15, 0.2) is 9.84 Å². The smallest absolute Gasteiger partial charge is 0.234 e. The fourth-order valence-corrected chi connectivity index (χ4v) is 6.60. The van der Waals surface area contributed by atoms with Crippen LogP contribution in [0, 0.1) is 6.92 Å². The lowest BCUT2D eigenvalue weighted by Gasteiger charge is -2.09. The number of carbonyl (C=O) groups excluding carboxylic acids is 1. The first kappa shape index (κ1) is 17.4. The molecule has 1 N–H and O–H groups in total. The Morgan fingerprint density at radius 2 is 2.29 bits per heavy atom. The molecule has 1 aromatic heterocycles. The van der Waals surface area contributed by atoms with E-state index in [1.807, 2.05) is 36.6 Å². The van der Waals surface area contributed by atoms with E-state index in [0.29, 0.717) is 6.42 Å². The van der Waals surface area contributed by atoms with Crippen molar-refractivity contribution in [3.63, 3.8) is 0 Å². The quantitative estimate of drug-likeness (QED) is 0.860. The fraction of sp³-hybridized carbons (Fsp3) is 0.375. The molecule has 24 heavy (non-hydrogen) atoms. The lowest BCUT2D eigenvalue weighted by atomic mass is 10.1. The predicted molar refractivity (Wildman–Crippen MR) is 100 cm³/mol. The number of carbonyl (C=O) groups is 1. The Morgan fingerprint density at radius 1 is 1.46 bits per heavy atom. The number of thiazole rings is 1. The predicted octanol–water partition coefficient (Wildman–Crippen LogP) is 2.98. The van der Waals surface area contributed by atoms with E-state index in [4.69, 9.17) is 0 Å². The average molecular weight is 383 g/mol. The highest BCUT2D eigenvalue weighted by Gasteiger charge is 2.28. The first-order valence-corrected chi connectivity index (χ1v) is 11.3. The minimum Gasteiger partial charge on any atom is -0.325 e. The van der Waals surface area contributed by atoms with Crippen molar-refractivity contribution in [2.24, 2.45) is 0 Å². The molecule has 1 aliphatic heterocycles. The minimum atomic E-state index is -2.90. The molecule has 1 aromatic carbocycles. The van der Waals surface area contributed by atoms with Crippen molar-refractivity contribution in [3.8, 4) is 11.3 Å². The van der Waals surface area contributed by atoms with E-state index in [2.05, 4.69) is 10.3 Å². The van der Waals surface area contributed by atoms with E-state index in [9.17, 15) is 13.2 Å². The summed E-state index contributed by atoms with van der Waals surface area (Å²) < 4.78 is 22.9. The van der Waals surface area contributed by atoms with Gasteiger partial charge < -0.3 is 5.32 Å². The van der Waals surface area contributed by atoms with Gasteiger partial charge in [-0.1, -0.05) is 12.1 Å². The van der Waals surface area contributed by atoms with Gasteiger partial charge in [0.1, 0.15) is 0 Å². The summed E-state index contributed by atoms with van der Waals surface area (Å²) in [6.45, 7) is 1.96. The van der Waals surface area contributed by atoms with Crippen molar-refractivity contribution in [2.75, 3.05) is 22.6 Å². The van der Waals surface area contributed by atoms with Gasteiger partial charge in [-0.25, -0.2) is 13.4 Å². The van der Waals surface area contributed by atoms with Gasteiger partial charge in [-0.15, -0.1) is 23.1 Å². The van der Waals surface area contributed by atoms with Gasteiger partial charge in [-0.2, -0.15) is 0 Å². The first-order valence-electron chi connectivity index (χ1n) is 7.56. The summed E-state index contributed by atoms with van der Waals surface area (Å²) >= 11 is 3.01. The van der Waals surface area contributed by atoms with Crippen LogP contribution in [0.2, 0.25) is 0 Å². The zero-order valence-corrected chi connectivity index (χ0v) is 15.6. The second-order valence-electron chi connectivity index (χ2n) is 5.72. The second-order valence-corrected chi connectivity index (χ2v) is 10.3. The highest BCUT2D eigenvalue weighted by Crippen LogP contribution is 2.26. The standard InChI is InChI=1S/C16H18N2O3S3/c1-11-17-15(8-22-11)12-3-2-4-13(7-12)18-16(19)9-23-14-5-6-24(20,21)10-14/h2-4,7-8,14H,5-6,9-10H2,1H3,(H,18,19). The molecule has 0 aliphatic carbocycles. The molecule has 1 saturated heterocycles. The number of hydrogen-bond acceptors (Lipinski definition) is 6. The molecule has 5 nitrogen and oxygen atoms in total. The second kappa shape index (κ2) is 7.25. The molecule has 0 radical (unpaired) electrons. The molecule has 1 unspecified atom stereocenters. The topological polar surface area (TPSA) is 76.1 Å². The zero-order valence-electron chi connectivity index (χ0n) is 13.2. The van der Waals surface area contributed by atoms with Crippen molar-refractivity contribution < 1.29 is 13.2 Å². The number of hydrogen-bond donors (Lipinski definition) is 1. The molecule has 0 bridgehead atoms. The van der Waals surface area contributed by atoms with E-state index < -0.39 is 9.84 Å². The first-order chi connectivity index (χ1) is 11.4. The van der Waals surface area contributed by atoms with Crippen LogP contribution in [-0.4, -0.2) is 41.8 Å². The highest BCUT2D eigenvalue weighted by atomic mass is 32.2. The average Bonchev–Trinajstić information content (AvgIpc) is 3.11. The van der Waals surface area contributed by atoms with Gasteiger partial charge in [0.25, 0.3) is 0 Å². The van der Waals surface area contributed by atoms with Crippen LogP contribution in [0.3, 0.4) is 0 Å². The van der Waals surface area contributed by atoms with Crippen LogP contribution < -0.4 is 5.32 Å². The van der Waals surface area contributed by atoms with Crippen LogP contribution >= 0.6 is 23.1 Å². The maximum Gasteiger partial charge on any atom is 0.234 e. The maximum absolute atomic E-state index is 12.1. The number of aryl methyl sites for hydroxylation is 1. The summed E-state index contributed by atoms with van der Waals surface area (Å²) in [6, 6.07) is 7.58. The molecule has 128 valence electrons. The summed E-state index contributed by atoms with van der Waals surface area (Å²) in [7, 11) is -2.90. The van der Waals surface area contributed by atoms with Crippen LogP contribution in [0.25, 0.3) is 11.3 Å². The van der Waals surface area contributed by atoms with Gasteiger partial charge in [-0.3, -0.25) is 4.79 Å². The number of thioether (sulfide) groups is 1. The number of aromatic nitrogens is 1. The van der Waals surface area contributed by atoms with Gasteiger partial charge in [-0.05, 0) is 25.5 Å². The van der Waals surface area contributed by atoms with Crippen LogP contribution in [0.1, 0.15) is 11.4 Å². The lowest BCUT2D eigenvalue weighted by Crippen LogP contribution is -2.17. The minimum absolute atomic E-state index is 0.0325. The number of benzene rings is 1. The molecular formula is C16H18N2O3S3. The Kier molecular flexibility index (Phi) is 5.27. The lowest BCUT2D eigenvalue weighted by molar-refractivity contribution is -0.113. The Labute approximate surface area is 149 Å². The van der Waals surface area contributed by atoms with Crippen molar-refractivity contribution in [2.45, 2.75) is 18.6 Å². The third-order valence-corrected chi connectivity index (χ3v) is 7.76. The zero-order chi connectivity index (χ0) is 17.2. The molecule has 1 amide bonds. The van der Waals surface area contributed by atoms with E-state index in [1.54, 1.807) is 11.3 Å². The van der Waals surface area contributed by atoms with E-state index in [1.165, 1.54) is 11.8 Å². The number of amides is 1.